The number of nitrogens with zero attached hydrogens (tertiary/aromatic N) is 3. The van der Waals surface area contributed by atoms with Crippen LogP contribution < -0.4 is 11.2 Å². The van der Waals surface area contributed by atoms with Crippen LogP contribution in [0.25, 0.3) is 22.7 Å². The molecule has 0 spiro atoms. The number of para-hydroxylation sites is 3. The van der Waals surface area contributed by atoms with E-state index in [4.69, 9.17) is 0 Å². The van der Waals surface area contributed by atoms with Gasteiger partial charge in [-0.2, -0.15) is 0 Å². The van der Waals surface area contributed by atoms with Gasteiger partial charge >= 0.3 is 5.69 Å². The van der Waals surface area contributed by atoms with E-state index in [1.54, 1.807) is 31.2 Å². The molecule has 6 heteroatoms. The van der Waals surface area contributed by atoms with E-state index in [9.17, 15) is 9.59 Å². The van der Waals surface area contributed by atoms with E-state index in [0.717, 1.165) is 15.6 Å². The van der Waals surface area contributed by atoms with Crippen LogP contribution in [0.2, 0.25) is 0 Å². The highest BCUT2D eigenvalue weighted by molar-refractivity contribution is 5.76. The highest BCUT2D eigenvalue weighted by Gasteiger charge is 2.14. The van der Waals surface area contributed by atoms with Gasteiger partial charge in [-0.15, -0.1) is 0 Å². The minimum Gasteiger partial charge on any atom is -0.323 e. The zero-order valence-electron chi connectivity index (χ0n) is 12.9. The Morgan fingerprint density at radius 1 is 0.917 bits per heavy atom. The molecule has 0 saturated carbocycles. The molecule has 0 aliphatic carbocycles. The Morgan fingerprint density at radius 2 is 1.62 bits per heavy atom. The number of fused-ring (bicyclic) bond motifs is 1. The summed E-state index contributed by atoms with van der Waals surface area (Å²) in [5.74, 6) is 0.392. The number of aromatic nitrogens is 4. The SMILES string of the molecule is Cc1cc(=O)n(-c2ccccc2)c(=O)n1-c1nc2ccccc2[nH]1. The van der Waals surface area contributed by atoms with Gasteiger partial charge in [-0.25, -0.2) is 18.9 Å². The minimum atomic E-state index is -0.453. The maximum absolute atomic E-state index is 13.0. The summed E-state index contributed by atoms with van der Waals surface area (Å²) in [6.07, 6.45) is 0. The number of imidazole rings is 1. The molecule has 0 amide bonds. The summed E-state index contributed by atoms with van der Waals surface area (Å²) in [6.45, 7) is 1.71. The molecule has 0 bridgehead atoms. The number of rotatable bonds is 2. The summed E-state index contributed by atoms with van der Waals surface area (Å²) in [7, 11) is 0. The Hall–Kier alpha value is -3.41. The van der Waals surface area contributed by atoms with Crippen LogP contribution in [0, 0.1) is 6.92 Å². The lowest BCUT2D eigenvalue weighted by molar-refractivity contribution is 0.754. The van der Waals surface area contributed by atoms with E-state index in [0.29, 0.717) is 17.3 Å². The highest BCUT2D eigenvalue weighted by Crippen LogP contribution is 2.13. The number of nitrogens with one attached hydrogen (secondary N) is 1. The van der Waals surface area contributed by atoms with Gasteiger partial charge in [0.05, 0.1) is 16.7 Å². The van der Waals surface area contributed by atoms with Crippen LogP contribution >= 0.6 is 0 Å². The van der Waals surface area contributed by atoms with Crippen molar-refractivity contribution in [3.8, 4) is 11.6 Å². The Balaban J connectivity index is 2.03. The van der Waals surface area contributed by atoms with Crippen molar-refractivity contribution >= 4 is 11.0 Å². The second-order valence-electron chi connectivity index (χ2n) is 5.49. The van der Waals surface area contributed by atoms with Crippen LogP contribution in [0.15, 0.2) is 70.3 Å². The van der Waals surface area contributed by atoms with Gasteiger partial charge in [0.25, 0.3) is 5.56 Å². The summed E-state index contributed by atoms with van der Waals surface area (Å²) in [6, 6.07) is 17.8. The summed E-state index contributed by atoms with van der Waals surface area (Å²) in [4.78, 5) is 32.9. The smallest absolute Gasteiger partial charge is 0.323 e. The van der Waals surface area contributed by atoms with Crippen LogP contribution in [-0.2, 0) is 0 Å². The van der Waals surface area contributed by atoms with Crippen molar-refractivity contribution in [2.75, 3.05) is 0 Å². The first-order chi connectivity index (χ1) is 11.6. The molecule has 2 aromatic heterocycles. The van der Waals surface area contributed by atoms with Crippen molar-refractivity contribution in [1.82, 2.24) is 19.1 Å². The van der Waals surface area contributed by atoms with Gasteiger partial charge in [0.1, 0.15) is 0 Å². The van der Waals surface area contributed by atoms with Crippen molar-refractivity contribution in [2.24, 2.45) is 0 Å². The fraction of sp³-hybridized carbons (Fsp3) is 0.0556. The quantitative estimate of drug-likeness (QED) is 0.615. The summed E-state index contributed by atoms with van der Waals surface area (Å²) < 4.78 is 2.55. The molecule has 2 heterocycles. The number of hydrogen-bond acceptors (Lipinski definition) is 3. The predicted molar refractivity (Wildman–Crippen MR) is 92.0 cm³/mol. The van der Waals surface area contributed by atoms with Gasteiger partial charge in [-0.05, 0) is 31.2 Å². The van der Waals surface area contributed by atoms with Crippen LogP contribution in [0.5, 0.6) is 0 Å². The van der Waals surface area contributed by atoms with Crippen LogP contribution in [-0.4, -0.2) is 19.1 Å². The molecule has 0 aliphatic heterocycles. The molecule has 0 atom stereocenters. The van der Waals surface area contributed by atoms with E-state index in [1.807, 2.05) is 30.3 Å². The van der Waals surface area contributed by atoms with Crippen LogP contribution in [0.4, 0.5) is 0 Å². The number of benzene rings is 2. The zero-order chi connectivity index (χ0) is 16.7. The predicted octanol–water partition coefficient (Wildman–Crippen LogP) is 2.17. The Morgan fingerprint density at radius 3 is 2.38 bits per heavy atom. The Bertz CT molecular complexity index is 1120. The fourth-order valence-electron chi connectivity index (χ4n) is 2.77. The van der Waals surface area contributed by atoms with Crippen molar-refractivity contribution < 1.29 is 0 Å². The third kappa shape index (κ3) is 2.16. The Labute approximate surface area is 136 Å². The normalized spacial score (nSPS) is 11.0. The van der Waals surface area contributed by atoms with Gasteiger partial charge in [0, 0.05) is 11.8 Å². The van der Waals surface area contributed by atoms with Crippen molar-refractivity contribution in [3.63, 3.8) is 0 Å². The first-order valence-corrected chi connectivity index (χ1v) is 7.51. The highest BCUT2D eigenvalue weighted by atomic mass is 16.2. The lowest BCUT2D eigenvalue weighted by Crippen LogP contribution is -2.39. The standard InChI is InChI=1S/C18H14N4O2/c1-12-11-16(23)22(13-7-3-2-4-8-13)18(24)21(12)17-19-14-9-5-6-10-15(14)20-17/h2-11H,1H3,(H,19,20). The molecule has 0 aliphatic rings. The number of aryl methyl sites for hydroxylation is 1. The molecule has 4 rings (SSSR count). The molecule has 118 valence electrons. The number of hydrogen-bond donors (Lipinski definition) is 1. The van der Waals surface area contributed by atoms with E-state index in [2.05, 4.69) is 9.97 Å². The lowest BCUT2D eigenvalue weighted by Gasteiger charge is -2.10. The van der Waals surface area contributed by atoms with Gasteiger partial charge in [0.15, 0.2) is 0 Å². The molecule has 0 radical (unpaired) electrons. The second-order valence-corrected chi connectivity index (χ2v) is 5.49. The van der Waals surface area contributed by atoms with Gasteiger partial charge in [-0.1, -0.05) is 30.3 Å². The van der Waals surface area contributed by atoms with E-state index in [1.165, 1.54) is 10.6 Å². The largest absolute Gasteiger partial charge is 0.342 e. The average Bonchev–Trinajstić information content (AvgIpc) is 2.98. The third-order valence-corrected chi connectivity index (χ3v) is 3.89. The molecule has 0 saturated heterocycles. The van der Waals surface area contributed by atoms with Crippen molar-refractivity contribution in [3.05, 3.63) is 87.2 Å². The molecule has 6 nitrogen and oxygen atoms in total. The van der Waals surface area contributed by atoms with Crippen molar-refractivity contribution in [2.45, 2.75) is 6.92 Å². The Kier molecular flexibility index (Phi) is 3.16. The maximum Gasteiger partial charge on any atom is 0.342 e. The van der Waals surface area contributed by atoms with Gasteiger partial charge in [0.2, 0.25) is 5.95 Å². The maximum atomic E-state index is 13.0. The second kappa shape index (κ2) is 5.34. The zero-order valence-corrected chi connectivity index (χ0v) is 12.9. The molecule has 4 aromatic rings. The number of aromatic amines is 1. The molecule has 1 N–H and O–H groups in total. The van der Waals surface area contributed by atoms with E-state index >= 15 is 0 Å². The van der Waals surface area contributed by atoms with E-state index in [-0.39, 0.29) is 5.56 Å². The summed E-state index contributed by atoms with van der Waals surface area (Å²) in [5, 5.41) is 0. The van der Waals surface area contributed by atoms with E-state index < -0.39 is 5.69 Å². The molecule has 0 unspecified atom stereocenters. The van der Waals surface area contributed by atoms with Crippen LogP contribution in [0.1, 0.15) is 5.69 Å². The molecule has 24 heavy (non-hydrogen) atoms. The van der Waals surface area contributed by atoms with Gasteiger partial charge < -0.3 is 4.98 Å². The first-order valence-electron chi connectivity index (χ1n) is 7.51. The third-order valence-electron chi connectivity index (χ3n) is 3.89. The topological polar surface area (TPSA) is 72.7 Å². The lowest BCUT2D eigenvalue weighted by atomic mass is 10.3. The molecule has 2 aromatic carbocycles. The molecular weight excluding hydrogens is 304 g/mol. The minimum absolute atomic E-state index is 0.365. The summed E-state index contributed by atoms with van der Waals surface area (Å²) in [5.41, 5.74) is 1.82. The fourth-order valence-corrected chi connectivity index (χ4v) is 2.77. The summed E-state index contributed by atoms with van der Waals surface area (Å²) >= 11 is 0. The van der Waals surface area contributed by atoms with Crippen molar-refractivity contribution in [1.29, 1.82) is 0 Å². The number of H-pyrrole nitrogens is 1. The first kappa shape index (κ1) is 14.2. The van der Waals surface area contributed by atoms with Gasteiger partial charge in [-0.3, -0.25) is 4.79 Å². The van der Waals surface area contributed by atoms with Crippen LogP contribution in [0.3, 0.4) is 0 Å². The molecule has 0 fully saturated rings. The average molecular weight is 318 g/mol. The monoisotopic (exact) mass is 318 g/mol. The molecular formula is C18H14N4O2.